The van der Waals surface area contributed by atoms with E-state index in [1.807, 2.05) is 48.5 Å². The summed E-state index contributed by atoms with van der Waals surface area (Å²) in [7, 11) is 0. The van der Waals surface area contributed by atoms with E-state index in [0.717, 1.165) is 12.0 Å². The highest BCUT2D eigenvalue weighted by atomic mass is 35.5. The van der Waals surface area contributed by atoms with Crippen LogP contribution in [0.25, 0.3) is 11.0 Å². The minimum absolute atomic E-state index is 0.125. The molecule has 0 aliphatic rings. The van der Waals surface area contributed by atoms with Crippen molar-refractivity contribution in [2.45, 2.75) is 13.0 Å². The Labute approximate surface area is 179 Å². The minimum atomic E-state index is -0.146. The van der Waals surface area contributed by atoms with Gasteiger partial charge in [-0.2, -0.15) is 0 Å². The maximum atomic E-state index is 13.0. The molecule has 4 aromatic rings. The fraction of sp³-hybridized carbons (Fsp3) is 0.174. The molecule has 0 atom stereocenters. The lowest BCUT2D eigenvalue weighted by molar-refractivity contribution is -0.137. The van der Waals surface area contributed by atoms with Crippen LogP contribution in [-0.4, -0.2) is 39.1 Å². The predicted octanol–water partition coefficient (Wildman–Crippen LogP) is 3.78. The summed E-state index contributed by atoms with van der Waals surface area (Å²) in [5.74, 6) is -0.125. The van der Waals surface area contributed by atoms with Crippen molar-refractivity contribution in [2.24, 2.45) is 0 Å². The molecule has 0 radical (unpaired) electrons. The molecule has 7 heteroatoms. The number of hydrogen-bond acceptors (Lipinski definition) is 4. The maximum Gasteiger partial charge on any atom is 0.263 e. The summed E-state index contributed by atoms with van der Waals surface area (Å²) in [4.78, 5) is 21.7. The summed E-state index contributed by atoms with van der Waals surface area (Å²) in [6.45, 7) is 0.956. The van der Waals surface area contributed by atoms with Gasteiger partial charge in [-0.25, -0.2) is 0 Å². The number of fused-ring (bicyclic) bond motifs is 1. The van der Waals surface area contributed by atoms with Gasteiger partial charge in [0.1, 0.15) is 11.0 Å². The Balaban J connectivity index is 1.45. The van der Waals surface area contributed by atoms with Crippen molar-refractivity contribution in [3.63, 3.8) is 0 Å². The molecule has 0 unspecified atom stereocenters. The van der Waals surface area contributed by atoms with Crippen molar-refractivity contribution in [1.82, 2.24) is 20.1 Å². The average Bonchev–Trinajstić information content (AvgIpc) is 3.18. The maximum absolute atomic E-state index is 13.0. The number of aromatic nitrogens is 3. The third-order valence-corrected chi connectivity index (χ3v) is 5.00. The number of amides is 1. The first-order chi connectivity index (χ1) is 14.7. The van der Waals surface area contributed by atoms with Crippen molar-refractivity contribution in [3.8, 4) is 0 Å². The Hall–Kier alpha value is -3.38. The van der Waals surface area contributed by atoms with E-state index in [0.29, 0.717) is 29.1 Å². The van der Waals surface area contributed by atoms with Crippen LogP contribution in [0.1, 0.15) is 11.1 Å². The van der Waals surface area contributed by atoms with E-state index in [1.54, 1.807) is 23.1 Å². The topological polar surface area (TPSA) is 60.3 Å². The highest BCUT2D eigenvalue weighted by Gasteiger charge is 2.16. The third-order valence-electron chi connectivity index (χ3n) is 4.77. The largest absolute Gasteiger partial charge is 0.385 e. The Morgan fingerprint density at radius 3 is 2.40 bits per heavy atom. The number of rotatable bonds is 8. The molecule has 0 saturated carbocycles. The normalized spacial score (nSPS) is 10.8. The molecule has 0 saturated heterocycles. The van der Waals surface area contributed by atoms with Gasteiger partial charge in [-0.1, -0.05) is 77.1 Å². The fourth-order valence-corrected chi connectivity index (χ4v) is 3.35. The van der Waals surface area contributed by atoms with Crippen molar-refractivity contribution in [3.05, 3.63) is 95.0 Å². The second kappa shape index (κ2) is 9.41. The Morgan fingerprint density at radius 2 is 1.67 bits per heavy atom. The molecule has 0 fully saturated rings. The van der Waals surface area contributed by atoms with E-state index < -0.39 is 0 Å². The molecule has 1 heterocycles. The van der Waals surface area contributed by atoms with E-state index in [1.165, 1.54) is 10.4 Å². The smallest absolute Gasteiger partial charge is 0.263 e. The van der Waals surface area contributed by atoms with Gasteiger partial charge in [-0.3, -0.25) is 4.79 Å². The minimum Gasteiger partial charge on any atom is -0.385 e. The van der Waals surface area contributed by atoms with Crippen LogP contribution in [0.15, 0.2) is 78.9 Å². The number of nitrogens with zero attached hydrogens (tertiary/aromatic N) is 4. The SMILES string of the molecule is O=C(COn1nnc2ccc(Cl)cc21)N(CCc1ccccc1)Cc1ccccc1. The van der Waals surface area contributed by atoms with Crippen molar-refractivity contribution in [2.75, 3.05) is 13.2 Å². The number of carbonyl (C=O) groups excluding carboxylic acids is 1. The summed E-state index contributed by atoms with van der Waals surface area (Å²) in [5.41, 5.74) is 3.52. The highest BCUT2D eigenvalue weighted by molar-refractivity contribution is 6.31. The number of halogens is 1. The zero-order valence-electron chi connectivity index (χ0n) is 16.3. The molecule has 0 spiro atoms. The van der Waals surface area contributed by atoms with Gasteiger partial charge in [0.05, 0.1) is 0 Å². The molecule has 0 aliphatic carbocycles. The van der Waals surface area contributed by atoms with Crippen LogP contribution in [0, 0.1) is 0 Å². The van der Waals surface area contributed by atoms with Crippen LogP contribution in [0.3, 0.4) is 0 Å². The van der Waals surface area contributed by atoms with Crippen molar-refractivity contribution >= 4 is 28.5 Å². The highest BCUT2D eigenvalue weighted by Crippen LogP contribution is 2.16. The zero-order chi connectivity index (χ0) is 20.8. The molecule has 30 heavy (non-hydrogen) atoms. The van der Waals surface area contributed by atoms with Gasteiger partial charge in [0.2, 0.25) is 0 Å². The summed E-state index contributed by atoms with van der Waals surface area (Å²) < 4.78 is 0. The van der Waals surface area contributed by atoms with Gasteiger partial charge in [-0.15, -0.1) is 5.10 Å². The lowest BCUT2D eigenvalue weighted by Gasteiger charge is -2.23. The van der Waals surface area contributed by atoms with E-state index >= 15 is 0 Å². The van der Waals surface area contributed by atoms with Crippen molar-refractivity contribution < 1.29 is 9.63 Å². The predicted molar refractivity (Wildman–Crippen MR) is 116 cm³/mol. The van der Waals surface area contributed by atoms with Gasteiger partial charge in [0, 0.05) is 18.1 Å². The Bertz CT molecular complexity index is 1120. The van der Waals surface area contributed by atoms with Crippen molar-refractivity contribution in [1.29, 1.82) is 0 Å². The molecule has 1 amide bonds. The molecule has 0 aliphatic heterocycles. The summed E-state index contributed by atoms with van der Waals surface area (Å²) >= 11 is 6.05. The van der Waals surface area contributed by atoms with Gasteiger partial charge in [-0.05, 0) is 41.0 Å². The van der Waals surface area contributed by atoms with Crippen LogP contribution in [0.5, 0.6) is 0 Å². The number of carbonyl (C=O) groups is 1. The summed E-state index contributed by atoms with van der Waals surface area (Å²) in [5, 5.41) is 8.54. The van der Waals surface area contributed by atoms with E-state index in [-0.39, 0.29) is 12.5 Å². The van der Waals surface area contributed by atoms with Gasteiger partial charge >= 0.3 is 0 Å². The summed E-state index contributed by atoms with van der Waals surface area (Å²) in [6, 6.07) is 25.2. The lowest BCUT2D eigenvalue weighted by Crippen LogP contribution is -2.37. The molecule has 4 rings (SSSR count). The quantitative estimate of drug-likeness (QED) is 0.435. The molecular weight excluding hydrogens is 400 g/mol. The van der Waals surface area contributed by atoms with Crippen LogP contribution < -0.4 is 4.84 Å². The lowest BCUT2D eigenvalue weighted by atomic mass is 10.1. The van der Waals surface area contributed by atoms with Gasteiger partial charge in [0.25, 0.3) is 5.91 Å². The molecule has 3 aromatic carbocycles. The monoisotopic (exact) mass is 420 g/mol. The van der Waals surface area contributed by atoms with Crippen LogP contribution in [0.2, 0.25) is 5.02 Å². The van der Waals surface area contributed by atoms with E-state index in [9.17, 15) is 4.79 Å². The van der Waals surface area contributed by atoms with Crippen LogP contribution in [-0.2, 0) is 17.8 Å². The summed E-state index contributed by atoms with van der Waals surface area (Å²) in [6.07, 6.45) is 0.765. The van der Waals surface area contributed by atoms with Gasteiger partial charge in [0.15, 0.2) is 6.61 Å². The molecular formula is C23H21ClN4O2. The van der Waals surface area contributed by atoms with Crippen LogP contribution in [0.4, 0.5) is 0 Å². The first-order valence-corrected chi connectivity index (χ1v) is 10.1. The molecule has 1 aromatic heterocycles. The molecule has 0 bridgehead atoms. The number of benzene rings is 3. The second-order valence-corrected chi connectivity index (χ2v) is 7.34. The first kappa shape index (κ1) is 19.9. The standard InChI is InChI=1S/C23H21ClN4O2/c24-20-11-12-21-22(15-20)28(26-25-21)30-17-23(29)27(16-19-9-5-2-6-10-19)14-13-18-7-3-1-4-8-18/h1-12,15H,13-14,16-17H2. The average molecular weight is 421 g/mol. The van der Waals surface area contributed by atoms with E-state index in [2.05, 4.69) is 22.4 Å². The first-order valence-electron chi connectivity index (χ1n) is 9.69. The molecule has 0 N–H and O–H groups in total. The fourth-order valence-electron chi connectivity index (χ4n) is 3.18. The zero-order valence-corrected chi connectivity index (χ0v) is 17.1. The number of hydrogen-bond donors (Lipinski definition) is 0. The second-order valence-electron chi connectivity index (χ2n) is 6.91. The molecule has 152 valence electrons. The Kier molecular flexibility index (Phi) is 6.25. The van der Waals surface area contributed by atoms with E-state index in [4.69, 9.17) is 16.4 Å². The van der Waals surface area contributed by atoms with Gasteiger partial charge < -0.3 is 9.74 Å². The Morgan fingerprint density at radius 1 is 0.967 bits per heavy atom. The third kappa shape index (κ3) is 4.96. The molecule has 6 nitrogen and oxygen atoms in total. The van der Waals surface area contributed by atoms with Crippen LogP contribution >= 0.6 is 11.6 Å².